The van der Waals surface area contributed by atoms with Gasteiger partial charge in [0.25, 0.3) is 5.91 Å². The van der Waals surface area contributed by atoms with Gasteiger partial charge >= 0.3 is 0 Å². The Morgan fingerprint density at radius 2 is 1.96 bits per heavy atom. The molecule has 0 radical (unpaired) electrons. The number of amides is 2. The van der Waals surface area contributed by atoms with Crippen LogP contribution in [-0.2, 0) is 4.79 Å². The number of benzene rings is 1. The van der Waals surface area contributed by atoms with Crippen LogP contribution in [0.1, 0.15) is 30.8 Å². The molecule has 0 aliphatic carbocycles. The second-order valence-electron chi connectivity index (χ2n) is 5.36. The first-order valence-electron chi connectivity index (χ1n) is 7.34. The number of carbonyl (C=O) groups excluding carboxylic acids is 2. The molecule has 122 valence electrons. The first-order valence-corrected chi connectivity index (χ1v) is 7.72. The van der Waals surface area contributed by atoms with E-state index >= 15 is 0 Å². The molecular formula is C16H19ClN4O2. The van der Waals surface area contributed by atoms with Gasteiger partial charge in [-0.2, -0.15) is 5.10 Å². The summed E-state index contributed by atoms with van der Waals surface area (Å²) in [6.45, 7) is 3.80. The lowest BCUT2D eigenvalue weighted by Crippen LogP contribution is -2.48. The van der Waals surface area contributed by atoms with E-state index in [1.807, 2.05) is 13.8 Å². The predicted octanol–water partition coefficient (Wildman–Crippen LogP) is 2.16. The molecule has 0 fully saturated rings. The third kappa shape index (κ3) is 4.10. The number of nitrogens with two attached hydrogens (primary N) is 1. The van der Waals surface area contributed by atoms with E-state index in [9.17, 15) is 9.59 Å². The number of rotatable bonds is 6. The fourth-order valence-electron chi connectivity index (χ4n) is 2.13. The molecule has 0 aliphatic rings. The highest BCUT2D eigenvalue weighted by molar-refractivity contribution is 6.30. The molecule has 0 saturated heterocycles. The molecular weight excluding hydrogens is 316 g/mol. The number of aromatic nitrogens is 2. The zero-order valence-electron chi connectivity index (χ0n) is 13.0. The summed E-state index contributed by atoms with van der Waals surface area (Å²) in [5.41, 5.74) is 6.35. The van der Waals surface area contributed by atoms with Gasteiger partial charge in [0.1, 0.15) is 6.04 Å². The molecule has 7 heteroatoms. The van der Waals surface area contributed by atoms with Crippen LogP contribution in [0.2, 0.25) is 5.02 Å². The lowest BCUT2D eigenvalue weighted by molar-refractivity contribution is -0.120. The van der Waals surface area contributed by atoms with Crippen LogP contribution in [0.15, 0.2) is 36.5 Å². The zero-order chi connectivity index (χ0) is 17.0. The van der Waals surface area contributed by atoms with Gasteiger partial charge in [0.15, 0.2) is 5.69 Å². The van der Waals surface area contributed by atoms with Crippen LogP contribution in [0.4, 0.5) is 0 Å². The Labute approximate surface area is 139 Å². The average Bonchev–Trinajstić information content (AvgIpc) is 3.02. The SMILES string of the molecule is CC[C@@H](C)[C@H](NC(=O)c1ccn(-c2ccc(Cl)cc2)n1)C(N)=O. The van der Waals surface area contributed by atoms with Crippen molar-refractivity contribution in [1.82, 2.24) is 15.1 Å². The van der Waals surface area contributed by atoms with E-state index in [1.165, 1.54) is 0 Å². The van der Waals surface area contributed by atoms with Crippen molar-refractivity contribution in [3.05, 3.63) is 47.2 Å². The molecule has 0 saturated carbocycles. The molecule has 0 spiro atoms. The number of hydrogen-bond acceptors (Lipinski definition) is 3. The van der Waals surface area contributed by atoms with Crippen molar-refractivity contribution in [3.63, 3.8) is 0 Å². The summed E-state index contributed by atoms with van der Waals surface area (Å²) in [5.74, 6) is -1.03. The molecule has 2 atom stereocenters. The van der Waals surface area contributed by atoms with Crippen LogP contribution in [0.5, 0.6) is 0 Å². The summed E-state index contributed by atoms with van der Waals surface area (Å²) in [6, 6.07) is 7.94. The van der Waals surface area contributed by atoms with Gasteiger partial charge < -0.3 is 11.1 Å². The lowest BCUT2D eigenvalue weighted by Gasteiger charge is -2.20. The Hall–Kier alpha value is -2.34. The van der Waals surface area contributed by atoms with E-state index in [0.717, 1.165) is 12.1 Å². The van der Waals surface area contributed by atoms with Crippen molar-refractivity contribution in [2.45, 2.75) is 26.3 Å². The van der Waals surface area contributed by atoms with E-state index in [4.69, 9.17) is 17.3 Å². The van der Waals surface area contributed by atoms with Gasteiger partial charge in [0, 0.05) is 11.2 Å². The topological polar surface area (TPSA) is 90.0 Å². The van der Waals surface area contributed by atoms with E-state index in [1.54, 1.807) is 41.2 Å². The molecule has 1 aromatic heterocycles. The van der Waals surface area contributed by atoms with E-state index in [-0.39, 0.29) is 11.6 Å². The molecule has 0 aliphatic heterocycles. The van der Waals surface area contributed by atoms with Crippen molar-refractivity contribution in [2.24, 2.45) is 11.7 Å². The minimum absolute atomic E-state index is 0.0465. The summed E-state index contributed by atoms with van der Waals surface area (Å²) in [5, 5.41) is 7.49. The largest absolute Gasteiger partial charge is 0.368 e. The van der Waals surface area contributed by atoms with Gasteiger partial charge in [-0.15, -0.1) is 0 Å². The third-order valence-electron chi connectivity index (χ3n) is 3.72. The Bertz CT molecular complexity index is 696. The van der Waals surface area contributed by atoms with Gasteiger partial charge in [-0.25, -0.2) is 4.68 Å². The molecule has 2 amide bonds. The normalized spacial score (nSPS) is 13.3. The molecule has 1 heterocycles. The Balaban J connectivity index is 2.14. The fraction of sp³-hybridized carbons (Fsp3) is 0.312. The lowest BCUT2D eigenvalue weighted by atomic mass is 9.98. The maximum atomic E-state index is 12.3. The van der Waals surface area contributed by atoms with E-state index in [2.05, 4.69) is 10.4 Å². The predicted molar refractivity (Wildman–Crippen MR) is 88.5 cm³/mol. The summed E-state index contributed by atoms with van der Waals surface area (Å²) < 4.78 is 1.56. The number of nitrogens with zero attached hydrogens (tertiary/aromatic N) is 2. The number of halogens is 1. The van der Waals surface area contributed by atoms with E-state index in [0.29, 0.717) is 5.02 Å². The second kappa shape index (κ2) is 7.28. The quantitative estimate of drug-likeness (QED) is 0.848. The number of primary amides is 1. The van der Waals surface area contributed by atoms with Crippen molar-refractivity contribution in [2.75, 3.05) is 0 Å². The summed E-state index contributed by atoms with van der Waals surface area (Å²) in [7, 11) is 0. The van der Waals surface area contributed by atoms with Crippen LogP contribution < -0.4 is 11.1 Å². The Morgan fingerprint density at radius 1 is 1.30 bits per heavy atom. The minimum Gasteiger partial charge on any atom is -0.368 e. The van der Waals surface area contributed by atoms with Crippen LogP contribution in [0.3, 0.4) is 0 Å². The first-order chi connectivity index (χ1) is 10.9. The fourth-order valence-corrected chi connectivity index (χ4v) is 2.25. The molecule has 2 aromatic rings. The summed E-state index contributed by atoms with van der Waals surface area (Å²) in [6.07, 6.45) is 2.40. The van der Waals surface area contributed by atoms with Crippen LogP contribution in [0.25, 0.3) is 5.69 Å². The number of carbonyl (C=O) groups is 2. The van der Waals surface area contributed by atoms with Gasteiger partial charge in [0.05, 0.1) is 5.69 Å². The number of hydrogen-bond donors (Lipinski definition) is 2. The van der Waals surface area contributed by atoms with Gasteiger partial charge in [-0.1, -0.05) is 31.9 Å². The number of nitrogens with one attached hydrogen (secondary N) is 1. The first kappa shape index (κ1) is 17.0. The summed E-state index contributed by atoms with van der Waals surface area (Å²) >= 11 is 5.85. The Morgan fingerprint density at radius 3 is 2.52 bits per heavy atom. The molecule has 23 heavy (non-hydrogen) atoms. The van der Waals surface area contributed by atoms with E-state index < -0.39 is 17.9 Å². The highest BCUT2D eigenvalue weighted by Crippen LogP contribution is 2.13. The highest BCUT2D eigenvalue weighted by atomic mass is 35.5. The molecule has 1 aromatic carbocycles. The summed E-state index contributed by atoms with van der Waals surface area (Å²) in [4.78, 5) is 23.8. The van der Waals surface area contributed by atoms with Crippen molar-refractivity contribution in [3.8, 4) is 5.69 Å². The van der Waals surface area contributed by atoms with Crippen LogP contribution >= 0.6 is 11.6 Å². The Kier molecular flexibility index (Phi) is 5.39. The van der Waals surface area contributed by atoms with Crippen LogP contribution in [0, 0.1) is 5.92 Å². The van der Waals surface area contributed by atoms with Crippen molar-refractivity contribution < 1.29 is 9.59 Å². The van der Waals surface area contributed by atoms with Gasteiger partial charge in [-0.05, 0) is 36.2 Å². The molecule has 6 nitrogen and oxygen atoms in total. The average molecular weight is 335 g/mol. The smallest absolute Gasteiger partial charge is 0.272 e. The molecule has 3 N–H and O–H groups in total. The monoisotopic (exact) mass is 334 g/mol. The highest BCUT2D eigenvalue weighted by Gasteiger charge is 2.25. The maximum absolute atomic E-state index is 12.3. The minimum atomic E-state index is -0.715. The second-order valence-corrected chi connectivity index (χ2v) is 5.80. The zero-order valence-corrected chi connectivity index (χ0v) is 13.7. The van der Waals surface area contributed by atoms with Crippen LogP contribution in [-0.4, -0.2) is 27.6 Å². The van der Waals surface area contributed by atoms with Crippen molar-refractivity contribution >= 4 is 23.4 Å². The molecule has 0 unspecified atom stereocenters. The van der Waals surface area contributed by atoms with Gasteiger partial charge in [-0.3, -0.25) is 9.59 Å². The maximum Gasteiger partial charge on any atom is 0.272 e. The van der Waals surface area contributed by atoms with Crippen molar-refractivity contribution in [1.29, 1.82) is 0 Å². The third-order valence-corrected chi connectivity index (χ3v) is 3.97. The standard InChI is InChI=1S/C16H19ClN4O2/c1-3-10(2)14(15(18)22)19-16(23)13-8-9-21(20-13)12-6-4-11(17)5-7-12/h4-10,14H,3H2,1-2H3,(H2,18,22)(H,19,23)/t10-,14+/m1/s1. The molecule has 2 rings (SSSR count). The van der Waals surface area contributed by atoms with Gasteiger partial charge in [0.2, 0.25) is 5.91 Å². The molecule has 0 bridgehead atoms.